The van der Waals surface area contributed by atoms with Crippen LogP contribution in [0.3, 0.4) is 0 Å². The minimum absolute atomic E-state index is 0.233. The van der Waals surface area contributed by atoms with Gasteiger partial charge in [-0.1, -0.05) is 6.07 Å². The number of nitrogens with zero attached hydrogens (tertiary/aromatic N) is 1. The normalized spacial score (nSPS) is 11.3. The van der Waals surface area contributed by atoms with Crippen LogP contribution in [0.15, 0.2) is 29.2 Å². The molecule has 1 heterocycles. The van der Waals surface area contributed by atoms with Gasteiger partial charge in [-0.25, -0.2) is 17.6 Å². The zero-order valence-corrected chi connectivity index (χ0v) is 11.0. The molecule has 2 aromatic rings. The molecular formula is C11H10FN3O4S. The van der Waals surface area contributed by atoms with E-state index in [0.29, 0.717) is 5.56 Å². The number of H-pyrrole nitrogens is 1. The first-order chi connectivity index (χ1) is 9.29. The summed E-state index contributed by atoms with van der Waals surface area (Å²) in [5.41, 5.74) is 0.285. The van der Waals surface area contributed by atoms with Gasteiger partial charge in [0.15, 0.2) is 5.82 Å². The van der Waals surface area contributed by atoms with Crippen molar-refractivity contribution in [1.29, 1.82) is 0 Å². The van der Waals surface area contributed by atoms with E-state index in [1.165, 1.54) is 12.1 Å². The van der Waals surface area contributed by atoms with Gasteiger partial charge in [0.25, 0.3) is 10.0 Å². The first-order valence-electron chi connectivity index (χ1n) is 5.37. The van der Waals surface area contributed by atoms with Crippen LogP contribution in [0.4, 0.5) is 10.2 Å². The second-order valence-electron chi connectivity index (χ2n) is 4.01. The molecule has 0 radical (unpaired) electrons. The number of aromatic amines is 1. The Bertz CT molecular complexity index is 770. The second-order valence-corrected chi connectivity index (χ2v) is 5.66. The van der Waals surface area contributed by atoms with Gasteiger partial charge in [0.05, 0.1) is 0 Å². The largest absolute Gasteiger partial charge is 0.477 e. The van der Waals surface area contributed by atoms with Crippen molar-refractivity contribution >= 4 is 21.8 Å². The highest BCUT2D eigenvalue weighted by atomic mass is 32.2. The van der Waals surface area contributed by atoms with Crippen molar-refractivity contribution in [3.05, 3.63) is 41.3 Å². The highest BCUT2D eigenvalue weighted by Crippen LogP contribution is 2.19. The molecule has 106 valence electrons. The van der Waals surface area contributed by atoms with Crippen molar-refractivity contribution < 1.29 is 22.7 Å². The Balaban J connectivity index is 2.35. The zero-order valence-electron chi connectivity index (χ0n) is 10.2. The van der Waals surface area contributed by atoms with E-state index in [4.69, 9.17) is 5.11 Å². The van der Waals surface area contributed by atoms with E-state index in [9.17, 15) is 17.6 Å². The van der Waals surface area contributed by atoms with Gasteiger partial charge in [-0.3, -0.25) is 9.82 Å². The van der Waals surface area contributed by atoms with Gasteiger partial charge < -0.3 is 5.11 Å². The van der Waals surface area contributed by atoms with E-state index in [2.05, 4.69) is 10.2 Å². The summed E-state index contributed by atoms with van der Waals surface area (Å²) in [6.45, 7) is 1.62. The fraction of sp³-hybridized carbons (Fsp3) is 0.0909. The first kappa shape index (κ1) is 14.0. The summed E-state index contributed by atoms with van der Waals surface area (Å²) < 4.78 is 39.6. The summed E-state index contributed by atoms with van der Waals surface area (Å²) >= 11 is 0. The van der Waals surface area contributed by atoms with Crippen molar-refractivity contribution in [2.75, 3.05) is 4.72 Å². The van der Waals surface area contributed by atoms with Crippen LogP contribution >= 0.6 is 0 Å². The predicted octanol–water partition coefficient (Wildman–Crippen LogP) is 1.36. The van der Waals surface area contributed by atoms with Gasteiger partial charge in [0.1, 0.15) is 16.4 Å². The Labute approximate surface area is 113 Å². The predicted molar refractivity (Wildman–Crippen MR) is 67.5 cm³/mol. The van der Waals surface area contributed by atoms with Crippen molar-refractivity contribution in [3.8, 4) is 0 Å². The Morgan fingerprint density at radius 2 is 2.10 bits per heavy atom. The molecule has 0 fully saturated rings. The van der Waals surface area contributed by atoms with Crippen molar-refractivity contribution in [2.45, 2.75) is 11.8 Å². The molecule has 0 amide bonds. The SMILES string of the molecule is Cc1ccc(F)c(S(=O)(=O)Nc2cc(C(=O)O)[nH]n2)c1. The monoisotopic (exact) mass is 299 g/mol. The summed E-state index contributed by atoms with van der Waals surface area (Å²) in [4.78, 5) is 10.1. The summed E-state index contributed by atoms with van der Waals surface area (Å²) in [6, 6.07) is 4.64. The molecule has 20 heavy (non-hydrogen) atoms. The first-order valence-corrected chi connectivity index (χ1v) is 6.85. The Morgan fingerprint density at radius 1 is 1.40 bits per heavy atom. The molecule has 7 nitrogen and oxygen atoms in total. The minimum Gasteiger partial charge on any atom is -0.477 e. The van der Waals surface area contributed by atoms with Crippen molar-refractivity contribution in [3.63, 3.8) is 0 Å². The minimum atomic E-state index is -4.18. The Kier molecular flexibility index (Phi) is 3.45. The molecule has 2 rings (SSSR count). The number of aromatic carboxylic acids is 1. The molecule has 1 aromatic carbocycles. The van der Waals surface area contributed by atoms with E-state index in [-0.39, 0.29) is 11.5 Å². The quantitative estimate of drug-likeness (QED) is 0.789. The third-order valence-electron chi connectivity index (χ3n) is 2.42. The van der Waals surface area contributed by atoms with E-state index in [1.807, 2.05) is 4.72 Å². The van der Waals surface area contributed by atoms with Crippen LogP contribution < -0.4 is 4.72 Å². The van der Waals surface area contributed by atoms with Crippen LogP contribution in [0.5, 0.6) is 0 Å². The fourth-order valence-electron chi connectivity index (χ4n) is 1.49. The van der Waals surface area contributed by atoms with E-state index in [0.717, 1.165) is 12.1 Å². The average molecular weight is 299 g/mol. The molecule has 0 aliphatic rings. The summed E-state index contributed by atoms with van der Waals surface area (Å²) in [7, 11) is -4.18. The van der Waals surface area contributed by atoms with Crippen LogP contribution in [0.1, 0.15) is 16.1 Å². The number of aromatic nitrogens is 2. The number of benzene rings is 1. The molecule has 0 aliphatic carbocycles. The number of nitrogens with one attached hydrogen (secondary N) is 2. The van der Waals surface area contributed by atoms with Crippen molar-refractivity contribution in [2.24, 2.45) is 0 Å². The summed E-state index contributed by atoms with van der Waals surface area (Å²) in [5, 5.41) is 14.3. The number of carboxylic acid groups (broad SMARTS) is 1. The highest BCUT2D eigenvalue weighted by Gasteiger charge is 2.21. The number of aryl methyl sites for hydroxylation is 1. The smallest absolute Gasteiger partial charge is 0.353 e. The third kappa shape index (κ3) is 2.77. The van der Waals surface area contributed by atoms with Crippen LogP contribution in [0.2, 0.25) is 0 Å². The number of rotatable bonds is 4. The molecule has 0 saturated heterocycles. The molecule has 3 N–H and O–H groups in total. The molecule has 1 aromatic heterocycles. The van der Waals surface area contributed by atoms with Crippen LogP contribution in [-0.2, 0) is 10.0 Å². The number of carbonyl (C=O) groups is 1. The van der Waals surface area contributed by atoms with E-state index in [1.54, 1.807) is 6.92 Å². The van der Waals surface area contributed by atoms with Gasteiger partial charge >= 0.3 is 5.97 Å². The lowest BCUT2D eigenvalue weighted by Crippen LogP contribution is -2.15. The average Bonchev–Trinajstić information content (AvgIpc) is 2.80. The second kappa shape index (κ2) is 4.93. The van der Waals surface area contributed by atoms with Crippen LogP contribution in [-0.4, -0.2) is 29.7 Å². The summed E-state index contributed by atoms with van der Waals surface area (Å²) in [5.74, 6) is -2.43. The molecular weight excluding hydrogens is 289 g/mol. The fourth-order valence-corrected chi connectivity index (χ4v) is 2.65. The standard InChI is InChI=1S/C11H10FN3O4S/c1-6-2-3-7(12)9(4-6)20(18,19)15-10-5-8(11(16)17)13-14-10/h2-5H,1H3,(H,16,17)(H2,13,14,15). The molecule has 0 atom stereocenters. The van der Waals surface area contributed by atoms with Gasteiger partial charge in [0.2, 0.25) is 0 Å². The van der Waals surface area contributed by atoms with Gasteiger partial charge in [-0.05, 0) is 24.6 Å². The lowest BCUT2D eigenvalue weighted by molar-refractivity contribution is 0.0690. The molecule has 0 saturated carbocycles. The molecule has 0 unspecified atom stereocenters. The van der Waals surface area contributed by atoms with Gasteiger partial charge in [-0.15, -0.1) is 0 Å². The molecule has 9 heteroatoms. The number of anilines is 1. The number of sulfonamides is 1. The van der Waals surface area contributed by atoms with Crippen molar-refractivity contribution in [1.82, 2.24) is 10.2 Å². The van der Waals surface area contributed by atoms with E-state index < -0.39 is 26.7 Å². The molecule has 0 spiro atoms. The third-order valence-corrected chi connectivity index (χ3v) is 3.79. The Morgan fingerprint density at radius 3 is 2.70 bits per heavy atom. The maximum Gasteiger partial charge on any atom is 0.353 e. The number of hydrogen-bond donors (Lipinski definition) is 3. The topological polar surface area (TPSA) is 112 Å². The number of halogens is 1. The zero-order chi connectivity index (χ0) is 14.9. The lowest BCUT2D eigenvalue weighted by Gasteiger charge is -2.07. The van der Waals surface area contributed by atoms with Gasteiger partial charge in [0, 0.05) is 6.07 Å². The van der Waals surface area contributed by atoms with Crippen LogP contribution in [0.25, 0.3) is 0 Å². The van der Waals surface area contributed by atoms with Crippen LogP contribution in [0, 0.1) is 12.7 Å². The molecule has 0 aliphatic heterocycles. The maximum atomic E-state index is 13.6. The molecule has 0 bridgehead atoms. The number of hydrogen-bond acceptors (Lipinski definition) is 4. The summed E-state index contributed by atoms with van der Waals surface area (Å²) in [6.07, 6.45) is 0. The van der Waals surface area contributed by atoms with Gasteiger partial charge in [-0.2, -0.15) is 5.10 Å². The Hall–Kier alpha value is -2.42. The highest BCUT2D eigenvalue weighted by molar-refractivity contribution is 7.92. The maximum absolute atomic E-state index is 13.6. The number of carboxylic acids is 1. The lowest BCUT2D eigenvalue weighted by atomic mass is 10.2. The van der Waals surface area contributed by atoms with E-state index >= 15 is 0 Å².